The molecule has 0 saturated heterocycles. The first-order chi connectivity index (χ1) is 33.7. The van der Waals surface area contributed by atoms with Crippen molar-refractivity contribution in [2.75, 3.05) is 0 Å². The lowest BCUT2D eigenvalue weighted by atomic mass is 9.65. The quantitative estimate of drug-likeness (QED) is 0.167. The molecule has 0 fully saturated rings. The summed E-state index contributed by atoms with van der Waals surface area (Å²) in [5, 5.41) is 2.54. The molecule has 4 nitrogen and oxygen atoms in total. The van der Waals surface area contributed by atoms with Crippen molar-refractivity contribution in [3.63, 3.8) is 0 Å². The first-order valence-electron chi connectivity index (χ1n) is 23.3. The van der Waals surface area contributed by atoms with Gasteiger partial charge in [-0.25, -0.2) is 15.0 Å². The van der Waals surface area contributed by atoms with Crippen molar-refractivity contribution in [2.24, 2.45) is 0 Å². The smallest absolute Gasteiger partial charge is 0.164 e. The largest absolute Gasteiger partial charge is 0.309 e. The summed E-state index contributed by atoms with van der Waals surface area (Å²) >= 11 is 0. The van der Waals surface area contributed by atoms with Gasteiger partial charge in [-0.15, -0.1) is 0 Å². The molecule has 12 aromatic rings. The molecule has 316 valence electrons. The SMILES string of the molecule is c1ccc(-c2ccc(-c3nc(-c4ccc(-c5ccccc5)cc4)nc(-c4cccc(-c5ccc6c(c5)C5(c7ccccc7-c7ccccc75)c5cccc7c8ccccc8n-6c57)c4)n3)cc2)cc1. The van der Waals surface area contributed by atoms with E-state index in [0.29, 0.717) is 17.5 Å². The maximum absolute atomic E-state index is 5.22. The van der Waals surface area contributed by atoms with Gasteiger partial charge in [0.05, 0.1) is 22.1 Å². The molecule has 0 radical (unpaired) electrons. The molecule has 3 heterocycles. The molecule has 0 atom stereocenters. The van der Waals surface area contributed by atoms with Crippen molar-refractivity contribution in [3.05, 3.63) is 265 Å². The summed E-state index contributed by atoms with van der Waals surface area (Å²) in [7, 11) is 0. The van der Waals surface area contributed by atoms with Crippen LogP contribution in [-0.4, -0.2) is 19.5 Å². The predicted molar refractivity (Wildman–Crippen MR) is 278 cm³/mol. The van der Waals surface area contributed by atoms with Gasteiger partial charge < -0.3 is 4.57 Å². The fourth-order valence-electron chi connectivity index (χ4n) is 11.2. The predicted octanol–water partition coefficient (Wildman–Crippen LogP) is 15.6. The lowest BCUT2D eigenvalue weighted by Crippen LogP contribution is -2.33. The highest BCUT2D eigenvalue weighted by atomic mass is 15.0. The van der Waals surface area contributed by atoms with Crippen LogP contribution >= 0.6 is 0 Å². The lowest BCUT2D eigenvalue weighted by molar-refractivity contribution is 0.749. The Balaban J connectivity index is 0.943. The van der Waals surface area contributed by atoms with Crippen LogP contribution in [0.3, 0.4) is 0 Å². The molecule has 14 rings (SSSR count). The molecule has 10 aromatic carbocycles. The van der Waals surface area contributed by atoms with Gasteiger partial charge in [0, 0.05) is 27.5 Å². The Morgan fingerprint density at radius 2 is 0.706 bits per heavy atom. The molecule has 0 saturated carbocycles. The van der Waals surface area contributed by atoms with Crippen LogP contribution in [0.2, 0.25) is 0 Å². The second-order valence-electron chi connectivity index (χ2n) is 17.9. The zero-order chi connectivity index (χ0) is 44.8. The maximum Gasteiger partial charge on any atom is 0.164 e. The third-order valence-corrected chi connectivity index (χ3v) is 14.3. The number of nitrogens with zero attached hydrogens (tertiary/aromatic N) is 4. The van der Waals surface area contributed by atoms with Crippen molar-refractivity contribution < 1.29 is 0 Å². The maximum atomic E-state index is 5.22. The highest BCUT2D eigenvalue weighted by molar-refractivity contribution is 6.13. The third-order valence-electron chi connectivity index (χ3n) is 14.3. The molecular formula is C64H40N4. The molecule has 2 aromatic heterocycles. The number of benzene rings is 10. The zero-order valence-corrected chi connectivity index (χ0v) is 36.9. The van der Waals surface area contributed by atoms with Gasteiger partial charge in [-0.05, 0) is 91.0 Å². The molecule has 0 amide bonds. The van der Waals surface area contributed by atoms with Gasteiger partial charge in [0.2, 0.25) is 0 Å². The highest BCUT2D eigenvalue weighted by Crippen LogP contribution is 2.61. The third kappa shape index (κ3) is 5.71. The Morgan fingerprint density at radius 1 is 0.279 bits per heavy atom. The first-order valence-corrected chi connectivity index (χ1v) is 23.3. The summed E-state index contributed by atoms with van der Waals surface area (Å²) in [6.45, 7) is 0. The normalized spacial score (nSPS) is 12.8. The van der Waals surface area contributed by atoms with E-state index in [1.807, 2.05) is 12.1 Å². The molecule has 68 heavy (non-hydrogen) atoms. The van der Waals surface area contributed by atoms with E-state index < -0.39 is 5.41 Å². The standard InChI is InChI=1S/C64H40N4/c1-3-15-41(16-4-1)43-29-33-45(34-30-43)61-65-62(46-35-31-44(32-36-46)42-17-5-2-6-18-42)67-63(66-61)49-20-13-19-47(39-49)48-37-38-59-57(40-48)64(54-25-10-7-21-50(54)51-22-8-11-26-55(51)64)56-27-14-24-53-52-23-9-12-28-58(52)68(59)60(53)56/h1-40H. The van der Waals surface area contributed by atoms with Gasteiger partial charge in [-0.3, -0.25) is 0 Å². The van der Waals surface area contributed by atoms with E-state index in [2.05, 4.69) is 235 Å². The minimum atomic E-state index is -0.538. The number of rotatable bonds is 6. The van der Waals surface area contributed by atoms with Crippen LogP contribution in [0, 0.1) is 0 Å². The zero-order valence-electron chi connectivity index (χ0n) is 36.9. The van der Waals surface area contributed by atoms with Crippen molar-refractivity contribution in [3.8, 4) is 84.4 Å². The highest BCUT2D eigenvalue weighted by Gasteiger charge is 2.50. The molecule has 0 N–H and O–H groups in total. The van der Waals surface area contributed by atoms with Gasteiger partial charge in [0.25, 0.3) is 0 Å². The fourth-order valence-corrected chi connectivity index (χ4v) is 11.2. The molecule has 1 spiro atoms. The Kier molecular flexibility index (Phi) is 8.46. The summed E-state index contributed by atoms with van der Waals surface area (Å²) in [5.41, 5.74) is 20.5. The molecular weight excluding hydrogens is 825 g/mol. The lowest BCUT2D eigenvalue weighted by Gasteiger charge is -2.40. The van der Waals surface area contributed by atoms with Crippen molar-refractivity contribution in [2.45, 2.75) is 5.41 Å². The van der Waals surface area contributed by atoms with Crippen LogP contribution in [0.4, 0.5) is 0 Å². The molecule has 0 unspecified atom stereocenters. The topological polar surface area (TPSA) is 43.6 Å². The van der Waals surface area contributed by atoms with Crippen molar-refractivity contribution in [1.82, 2.24) is 19.5 Å². The monoisotopic (exact) mass is 864 g/mol. The molecule has 0 bridgehead atoms. The van der Waals surface area contributed by atoms with Crippen LogP contribution in [0.15, 0.2) is 243 Å². The minimum Gasteiger partial charge on any atom is -0.309 e. The fraction of sp³-hybridized carbons (Fsp3) is 0.0156. The molecule has 1 aliphatic heterocycles. The molecule has 2 aliphatic rings. The summed E-state index contributed by atoms with van der Waals surface area (Å²) in [4.78, 5) is 15.6. The Morgan fingerprint density at radius 3 is 1.34 bits per heavy atom. The number of para-hydroxylation sites is 2. The minimum absolute atomic E-state index is 0.538. The Hall–Kier alpha value is -8.99. The van der Waals surface area contributed by atoms with Gasteiger partial charge in [-0.2, -0.15) is 0 Å². The number of fused-ring (bicyclic) bond motifs is 12. The van der Waals surface area contributed by atoms with Crippen LogP contribution in [0.25, 0.3) is 106 Å². The average Bonchev–Trinajstić information content (AvgIpc) is 3.92. The second-order valence-corrected chi connectivity index (χ2v) is 17.9. The number of aromatic nitrogens is 4. The number of hydrogen-bond donors (Lipinski definition) is 0. The Bertz CT molecular complexity index is 3800. The van der Waals surface area contributed by atoms with E-state index in [1.165, 1.54) is 72.0 Å². The van der Waals surface area contributed by atoms with Gasteiger partial charge >= 0.3 is 0 Å². The van der Waals surface area contributed by atoms with Crippen molar-refractivity contribution in [1.29, 1.82) is 0 Å². The van der Waals surface area contributed by atoms with E-state index in [1.54, 1.807) is 0 Å². The summed E-state index contributed by atoms with van der Waals surface area (Å²) in [6.07, 6.45) is 0. The van der Waals surface area contributed by atoms with E-state index in [9.17, 15) is 0 Å². The average molecular weight is 865 g/mol. The summed E-state index contributed by atoms with van der Waals surface area (Å²) in [5.74, 6) is 1.87. The van der Waals surface area contributed by atoms with E-state index in [-0.39, 0.29) is 0 Å². The van der Waals surface area contributed by atoms with Gasteiger partial charge in [0.1, 0.15) is 0 Å². The van der Waals surface area contributed by atoms with E-state index in [0.717, 1.165) is 38.9 Å². The second kappa shape index (κ2) is 15.0. The molecule has 1 aliphatic carbocycles. The first kappa shape index (κ1) is 38.3. The van der Waals surface area contributed by atoms with E-state index >= 15 is 0 Å². The van der Waals surface area contributed by atoms with Crippen molar-refractivity contribution >= 4 is 21.8 Å². The summed E-state index contributed by atoms with van der Waals surface area (Å²) in [6, 6.07) is 87.6. The Labute approximate surface area is 394 Å². The van der Waals surface area contributed by atoms with E-state index in [4.69, 9.17) is 15.0 Å². The van der Waals surface area contributed by atoms with Crippen LogP contribution in [-0.2, 0) is 5.41 Å². The van der Waals surface area contributed by atoms with Crippen LogP contribution < -0.4 is 0 Å². The van der Waals surface area contributed by atoms with Gasteiger partial charge in [0.15, 0.2) is 17.5 Å². The van der Waals surface area contributed by atoms with Crippen LogP contribution in [0.1, 0.15) is 22.3 Å². The summed E-state index contributed by atoms with van der Waals surface area (Å²) < 4.78 is 2.51. The van der Waals surface area contributed by atoms with Crippen LogP contribution in [0.5, 0.6) is 0 Å². The number of hydrogen-bond acceptors (Lipinski definition) is 3. The molecule has 4 heteroatoms. The van der Waals surface area contributed by atoms with Gasteiger partial charge in [-0.1, -0.05) is 218 Å².